The molecule has 0 spiro atoms. The Morgan fingerprint density at radius 3 is 2.64 bits per heavy atom. The average molecular weight is 342 g/mol. The van der Waals surface area contributed by atoms with Crippen molar-refractivity contribution in [2.75, 3.05) is 39.4 Å². The largest absolute Gasteiger partial charge is 0.379 e. The van der Waals surface area contributed by atoms with E-state index in [9.17, 15) is 9.59 Å². The number of nitrogens with zero attached hydrogens (tertiary/aromatic N) is 3. The molecule has 0 radical (unpaired) electrons. The molecule has 3 rings (SSSR count). The quantitative estimate of drug-likeness (QED) is 0.820. The lowest BCUT2D eigenvalue weighted by atomic mass is 10.1. The van der Waals surface area contributed by atoms with Crippen LogP contribution in [0.4, 0.5) is 0 Å². The maximum atomic E-state index is 12.1. The highest BCUT2D eigenvalue weighted by molar-refractivity contribution is 5.75. The standard InChI is InChI=1S/C18H22N4O3/c23-17(19-8-9-21-10-12-25-13-11-21)14-22-18(24)7-6-16(20-22)15-4-2-1-3-5-15/h1-7H,8-14H2,(H,19,23). The number of carbonyl (C=O) groups is 1. The van der Waals surface area contributed by atoms with Crippen LogP contribution in [0.15, 0.2) is 47.3 Å². The van der Waals surface area contributed by atoms with Crippen molar-refractivity contribution < 1.29 is 9.53 Å². The molecule has 1 saturated heterocycles. The fraction of sp³-hybridized carbons (Fsp3) is 0.389. The van der Waals surface area contributed by atoms with E-state index in [1.165, 1.54) is 10.7 Å². The zero-order chi connectivity index (χ0) is 17.5. The summed E-state index contributed by atoms with van der Waals surface area (Å²) in [6.07, 6.45) is 0. The molecule has 25 heavy (non-hydrogen) atoms. The SMILES string of the molecule is O=C(Cn1nc(-c2ccccc2)ccc1=O)NCCN1CCOCC1. The molecule has 1 aromatic carbocycles. The average Bonchev–Trinajstić information content (AvgIpc) is 2.65. The molecule has 1 aromatic heterocycles. The third kappa shape index (κ3) is 4.98. The first-order valence-corrected chi connectivity index (χ1v) is 8.43. The number of rotatable bonds is 6. The molecule has 0 saturated carbocycles. The van der Waals surface area contributed by atoms with Crippen molar-refractivity contribution in [2.45, 2.75) is 6.54 Å². The second-order valence-corrected chi connectivity index (χ2v) is 5.88. The van der Waals surface area contributed by atoms with Crippen LogP contribution in [0.2, 0.25) is 0 Å². The fourth-order valence-corrected chi connectivity index (χ4v) is 2.70. The van der Waals surface area contributed by atoms with E-state index >= 15 is 0 Å². The molecule has 0 unspecified atom stereocenters. The Kier molecular flexibility index (Phi) is 5.92. The highest BCUT2D eigenvalue weighted by atomic mass is 16.5. The van der Waals surface area contributed by atoms with Gasteiger partial charge < -0.3 is 10.1 Å². The Balaban J connectivity index is 1.56. The molecular formula is C18H22N4O3. The minimum absolute atomic E-state index is 0.0807. The Hall–Kier alpha value is -2.51. The molecular weight excluding hydrogens is 320 g/mol. The van der Waals surface area contributed by atoms with Gasteiger partial charge in [-0.15, -0.1) is 0 Å². The summed E-state index contributed by atoms with van der Waals surface area (Å²) in [6.45, 7) is 4.49. The van der Waals surface area contributed by atoms with Gasteiger partial charge in [0.05, 0.1) is 18.9 Å². The van der Waals surface area contributed by atoms with Crippen LogP contribution in [-0.2, 0) is 16.1 Å². The lowest BCUT2D eigenvalue weighted by Gasteiger charge is -2.26. The number of benzene rings is 1. The van der Waals surface area contributed by atoms with Gasteiger partial charge in [0.25, 0.3) is 5.56 Å². The summed E-state index contributed by atoms with van der Waals surface area (Å²) in [7, 11) is 0. The van der Waals surface area contributed by atoms with E-state index < -0.39 is 0 Å². The van der Waals surface area contributed by atoms with Crippen LogP contribution in [0.1, 0.15) is 0 Å². The van der Waals surface area contributed by atoms with Crippen molar-refractivity contribution in [3.05, 3.63) is 52.8 Å². The van der Waals surface area contributed by atoms with E-state index in [-0.39, 0.29) is 18.0 Å². The van der Waals surface area contributed by atoms with Crippen molar-refractivity contribution in [2.24, 2.45) is 0 Å². The smallest absolute Gasteiger partial charge is 0.267 e. The third-order valence-corrected chi connectivity index (χ3v) is 4.08. The molecule has 132 valence electrons. The molecule has 7 nitrogen and oxygen atoms in total. The van der Waals surface area contributed by atoms with Crippen LogP contribution >= 0.6 is 0 Å². The number of amides is 1. The van der Waals surface area contributed by atoms with Crippen molar-refractivity contribution in [3.8, 4) is 11.3 Å². The number of morpholine rings is 1. The van der Waals surface area contributed by atoms with Crippen LogP contribution in [0.3, 0.4) is 0 Å². The van der Waals surface area contributed by atoms with Crippen LogP contribution in [0.5, 0.6) is 0 Å². The molecule has 2 heterocycles. The molecule has 0 atom stereocenters. The highest BCUT2D eigenvalue weighted by Gasteiger charge is 2.11. The van der Waals surface area contributed by atoms with Gasteiger partial charge in [0.1, 0.15) is 6.54 Å². The molecule has 1 aliphatic heterocycles. The van der Waals surface area contributed by atoms with E-state index in [1.807, 2.05) is 30.3 Å². The topological polar surface area (TPSA) is 76.5 Å². The number of carbonyl (C=O) groups excluding carboxylic acids is 1. The van der Waals surface area contributed by atoms with Crippen molar-refractivity contribution in [1.29, 1.82) is 0 Å². The molecule has 7 heteroatoms. The van der Waals surface area contributed by atoms with E-state index in [0.29, 0.717) is 12.2 Å². The summed E-state index contributed by atoms with van der Waals surface area (Å²) in [5.74, 6) is -0.215. The number of nitrogens with one attached hydrogen (secondary N) is 1. The third-order valence-electron chi connectivity index (χ3n) is 4.08. The molecule has 0 aliphatic carbocycles. The molecule has 1 aliphatic rings. The van der Waals surface area contributed by atoms with E-state index in [1.54, 1.807) is 6.07 Å². The minimum atomic E-state index is -0.289. The Labute approximate surface area is 146 Å². The summed E-state index contributed by atoms with van der Waals surface area (Å²) in [5.41, 5.74) is 1.29. The van der Waals surface area contributed by atoms with Crippen LogP contribution in [-0.4, -0.2) is 60.0 Å². The van der Waals surface area contributed by atoms with Crippen LogP contribution in [0.25, 0.3) is 11.3 Å². The summed E-state index contributed by atoms with van der Waals surface area (Å²) in [5, 5.41) is 7.14. The predicted octanol–water partition coefficient (Wildman–Crippen LogP) is 0.359. The maximum Gasteiger partial charge on any atom is 0.267 e. The summed E-state index contributed by atoms with van der Waals surface area (Å²) >= 11 is 0. The van der Waals surface area contributed by atoms with E-state index in [2.05, 4.69) is 15.3 Å². The van der Waals surface area contributed by atoms with Gasteiger partial charge in [0.15, 0.2) is 0 Å². The zero-order valence-electron chi connectivity index (χ0n) is 14.1. The second-order valence-electron chi connectivity index (χ2n) is 5.88. The molecule has 2 aromatic rings. The molecule has 1 amide bonds. The van der Waals surface area contributed by atoms with Gasteiger partial charge in [-0.05, 0) is 6.07 Å². The van der Waals surface area contributed by atoms with E-state index in [4.69, 9.17) is 4.74 Å². The number of aromatic nitrogens is 2. The van der Waals surface area contributed by atoms with Crippen LogP contribution in [0, 0.1) is 0 Å². The first-order valence-electron chi connectivity index (χ1n) is 8.43. The summed E-state index contributed by atoms with van der Waals surface area (Å²) in [4.78, 5) is 26.3. The van der Waals surface area contributed by atoms with Gasteiger partial charge in [-0.3, -0.25) is 14.5 Å². The van der Waals surface area contributed by atoms with Gasteiger partial charge in [0, 0.05) is 37.8 Å². The highest BCUT2D eigenvalue weighted by Crippen LogP contribution is 2.13. The van der Waals surface area contributed by atoms with Gasteiger partial charge in [-0.2, -0.15) is 5.10 Å². The Morgan fingerprint density at radius 1 is 1.12 bits per heavy atom. The first kappa shape index (κ1) is 17.3. The lowest BCUT2D eigenvalue weighted by molar-refractivity contribution is -0.122. The normalized spacial score (nSPS) is 15.0. The number of hydrogen-bond donors (Lipinski definition) is 1. The lowest BCUT2D eigenvalue weighted by Crippen LogP contribution is -2.42. The van der Waals surface area contributed by atoms with Crippen molar-refractivity contribution >= 4 is 5.91 Å². The number of ether oxygens (including phenoxy) is 1. The number of hydrogen-bond acceptors (Lipinski definition) is 5. The molecule has 1 N–H and O–H groups in total. The molecule has 1 fully saturated rings. The van der Waals surface area contributed by atoms with Gasteiger partial charge in [-0.1, -0.05) is 30.3 Å². The fourth-order valence-electron chi connectivity index (χ4n) is 2.70. The van der Waals surface area contributed by atoms with Crippen molar-refractivity contribution in [3.63, 3.8) is 0 Å². The van der Waals surface area contributed by atoms with Crippen LogP contribution < -0.4 is 10.9 Å². The zero-order valence-corrected chi connectivity index (χ0v) is 14.1. The van der Waals surface area contributed by atoms with Gasteiger partial charge in [-0.25, -0.2) is 4.68 Å². The first-order chi connectivity index (χ1) is 12.2. The Morgan fingerprint density at radius 2 is 1.88 bits per heavy atom. The summed E-state index contributed by atoms with van der Waals surface area (Å²) < 4.78 is 6.49. The van der Waals surface area contributed by atoms with Crippen molar-refractivity contribution in [1.82, 2.24) is 20.0 Å². The monoisotopic (exact) mass is 342 g/mol. The van der Waals surface area contributed by atoms with Gasteiger partial charge >= 0.3 is 0 Å². The Bertz CT molecular complexity index is 754. The summed E-state index contributed by atoms with van der Waals surface area (Å²) in [6, 6.07) is 12.7. The molecule has 0 bridgehead atoms. The van der Waals surface area contributed by atoms with Gasteiger partial charge in [0.2, 0.25) is 5.91 Å². The predicted molar refractivity (Wildman–Crippen MR) is 94.2 cm³/mol. The van der Waals surface area contributed by atoms with E-state index in [0.717, 1.165) is 38.4 Å². The maximum absolute atomic E-state index is 12.1. The minimum Gasteiger partial charge on any atom is -0.379 e. The second kappa shape index (κ2) is 8.55.